The molecule has 1 heterocycles. The summed E-state index contributed by atoms with van der Waals surface area (Å²) in [6, 6.07) is 3.85. The topological polar surface area (TPSA) is 42.6 Å². The molecule has 2 unspecified atom stereocenters. The Labute approximate surface area is 182 Å². The lowest BCUT2D eigenvalue weighted by molar-refractivity contribution is -0.161. The molecule has 0 saturated heterocycles. The Morgan fingerprint density at radius 2 is 2.03 bits per heavy atom. The van der Waals surface area contributed by atoms with Crippen molar-refractivity contribution >= 4 is 0 Å². The van der Waals surface area contributed by atoms with Gasteiger partial charge in [-0.3, -0.25) is 0 Å². The first-order chi connectivity index (χ1) is 14.4. The van der Waals surface area contributed by atoms with E-state index in [0.29, 0.717) is 29.1 Å². The van der Waals surface area contributed by atoms with Gasteiger partial charge in [0.05, 0.1) is 12.4 Å². The number of allylic oxidation sites excluding steroid dienone is 1. The highest BCUT2D eigenvalue weighted by atomic mass is 16.5. The minimum Gasteiger partial charge on any atom is -0.466 e. The zero-order chi connectivity index (χ0) is 21.0. The molecule has 30 heavy (non-hydrogen) atoms. The highest BCUT2D eigenvalue weighted by Gasteiger charge is 2.64. The van der Waals surface area contributed by atoms with E-state index in [2.05, 4.69) is 32.9 Å². The Bertz CT molecular complexity index is 769. The van der Waals surface area contributed by atoms with E-state index < -0.39 is 5.60 Å². The van der Waals surface area contributed by atoms with Gasteiger partial charge in [-0.1, -0.05) is 33.3 Å². The van der Waals surface area contributed by atoms with E-state index in [1.807, 2.05) is 12.1 Å². The number of rotatable bonds is 5. The molecule has 3 heteroatoms. The smallest absolute Gasteiger partial charge is 0.146 e. The largest absolute Gasteiger partial charge is 0.466 e. The monoisotopic (exact) mass is 412 g/mol. The number of aliphatic hydroxyl groups is 1. The molecule has 3 saturated carbocycles. The maximum Gasteiger partial charge on any atom is 0.146 e. The molecular formula is C27H40O3. The fourth-order valence-electron chi connectivity index (χ4n) is 8.11. The quantitative estimate of drug-likeness (QED) is 0.445. The first kappa shape index (κ1) is 20.8. The van der Waals surface area contributed by atoms with E-state index in [-0.39, 0.29) is 5.41 Å². The van der Waals surface area contributed by atoms with E-state index in [1.165, 1.54) is 51.4 Å². The molecule has 1 N–H and O–H groups in total. The second-order valence-electron chi connectivity index (χ2n) is 11.3. The number of furan rings is 1. The molecule has 166 valence electrons. The Morgan fingerprint density at radius 1 is 1.17 bits per heavy atom. The van der Waals surface area contributed by atoms with E-state index >= 15 is 0 Å². The predicted molar refractivity (Wildman–Crippen MR) is 119 cm³/mol. The Hall–Kier alpha value is -1.06. The van der Waals surface area contributed by atoms with Crippen molar-refractivity contribution in [2.45, 2.75) is 90.3 Å². The Kier molecular flexibility index (Phi) is 5.22. The van der Waals surface area contributed by atoms with Crippen molar-refractivity contribution in [3.8, 4) is 0 Å². The summed E-state index contributed by atoms with van der Waals surface area (Å²) in [5, 5.41) is 11.7. The van der Waals surface area contributed by atoms with Crippen LogP contribution >= 0.6 is 0 Å². The molecule has 8 atom stereocenters. The molecule has 0 bridgehead atoms. The SMILES string of the molecule is CCCCO[C@H]1CC[C@@]2(C)C(CC[C@H]3C4C=C[C@@](O)(c5ccco5)[C@@]4(C)CC[C@@H]32)C1. The number of ether oxygens (including phenoxy) is 1. The van der Waals surface area contributed by atoms with Crippen LogP contribution < -0.4 is 0 Å². The van der Waals surface area contributed by atoms with Crippen molar-refractivity contribution < 1.29 is 14.3 Å². The van der Waals surface area contributed by atoms with Crippen LogP contribution in [0.3, 0.4) is 0 Å². The fourth-order valence-corrected chi connectivity index (χ4v) is 8.11. The summed E-state index contributed by atoms with van der Waals surface area (Å²) in [6.07, 6.45) is 17.7. The zero-order valence-electron chi connectivity index (χ0n) is 19.1. The van der Waals surface area contributed by atoms with Gasteiger partial charge >= 0.3 is 0 Å². The molecule has 0 amide bonds. The molecule has 4 aliphatic rings. The van der Waals surface area contributed by atoms with E-state index in [0.717, 1.165) is 24.9 Å². The summed E-state index contributed by atoms with van der Waals surface area (Å²) in [6.45, 7) is 8.08. The van der Waals surface area contributed by atoms with Gasteiger partial charge in [-0.05, 0) is 98.7 Å². The van der Waals surface area contributed by atoms with Crippen LogP contribution in [0.5, 0.6) is 0 Å². The van der Waals surface area contributed by atoms with Gasteiger partial charge in [-0.25, -0.2) is 0 Å². The molecule has 1 aromatic rings. The van der Waals surface area contributed by atoms with Gasteiger partial charge in [0.1, 0.15) is 11.4 Å². The van der Waals surface area contributed by atoms with Crippen molar-refractivity contribution in [2.24, 2.45) is 34.5 Å². The number of fused-ring (bicyclic) bond motifs is 5. The molecule has 1 aromatic heterocycles. The Balaban J connectivity index is 1.34. The molecule has 4 aliphatic carbocycles. The lowest BCUT2D eigenvalue weighted by Crippen LogP contribution is -2.56. The van der Waals surface area contributed by atoms with Crippen molar-refractivity contribution in [1.82, 2.24) is 0 Å². The van der Waals surface area contributed by atoms with Gasteiger partial charge in [0.25, 0.3) is 0 Å². The van der Waals surface area contributed by atoms with E-state index in [4.69, 9.17) is 9.15 Å². The van der Waals surface area contributed by atoms with Crippen molar-refractivity contribution in [2.75, 3.05) is 6.61 Å². The lowest BCUT2D eigenvalue weighted by Gasteiger charge is -2.61. The third-order valence-electron chi connectivity index (χ3n) is 10.0. The Morgan fingerprint density at radius 3 is 2.80 bits per heavy atom. The van der Waals surface area contributed by atoms with Gasteiger partial charge in [-0.15, -0.1) is 0 Å². The number of hydrogen-bond donors (Lipinski definition) is 1. The van der Waals surface area contributed by atoms with Gasteiger partial charge in [0.15, 0.2) is 0 Å². The molecule has 3 nitrogen and oxygen atoms in total. The predicted octanol–water partition coefficient (Wildman–Crippen LogP) is 6.47. The lowest BCUT2D eigenvalue weighted by atomic mass is 9.44. The minimum absolute atomic E-state index is 0.157. The average molecular weight is 413 g/mol. The molecule has 0 aromatic carbocycles. The fraction of sp³-hybridized carbons (Fsp3) is 0.778. The summed E-state index contributed by atoms with van der Waals surface area (Å²) in [5.41, 5.74) is -0.682. The highest BCUT2D eigenvalue weighted by molar-refractivity contribution is 5.32. The standard InChI is InChI=1S/C27H40O3/c1-4-5-16-29-20-10-13-25(2)19(18-20)8-9-21-22(25)11-14-26(3)23(21)12-15-27(26,28)24-7-6-17-30-24/h6-7,12,15,17,19-23,28H,4-5,8-11,13-14,16,18H2,1-3H3/t19?,20-,21+,22-,23?,25-,26-,27+/m0/s1. The van der Waals surface area contributed by atoms with Crippen molar-refractivity contribution in [3.63, 3.8) is 0 Å². The number of unbranched alkanes of at least 4 members (excludes halogenated alkanes) is 1. The highest BCUT2D eigenvalue weighted by Crippen LogP contribution is 2.68. The third-order valence-corrected chi connectivity index (χ3v) is 10.0. The molecule has 0 spiro atoms. The van der Waals surface area contributed by atoms with Crippen LogP contribution in [0.15, 0.2) is 35.0 Å². The first-order valence-corrected chi connectivity index (χ1v) is 12.5. The molecule has 0 aliphatic heterocycles. The zero-order valence-corrected chi connectivity index (χ0v) is 19.1. The third kappa shape index (κ3) is 2.91. The minimum atomic E-state index is -0.964. The molecule has 0 radical (unpaired) electrons. The van der Waals surface area contributed by atoms with Crippen molar-refractivity contribution in [1.29, 1.82) is 0 Å². The normalized spacial score (nSPS) is 47.5. The molecule has 5 rings (SSSR count). The maximum absolute atomic E-state index is 11.7. The summed E-state index contributed by atoms with van der Waals surface area (Å²) in [5.74, 6) is 3.42. The second-order valence-corrected chi connectivity index (χ2v) is 11.3. The van der Waals surface area contributed by atoms with Gasteiger partial charge in [0.2, 0.25) is 0 Å². The molecule has 3 fully saturated rings. The van der Waals surface area contributed by atoms with Crippen molar-refractivity contribution in [3.05, 3.63) is 36.3 Å². The van der Waals surface area contributed by atoms with Gasteiger partial charge in [-0.2, -0.15) is 0 Å². The second kappa shape index (κ2) is 7.52. The summed E-state index contributed by atoms with van der Waals surface area (Å²) in [7, 11) is 0. The van der Waals surface area contributed by atoms with Crippen LogP contribution in [0, 0.1) is 34.5 Å². The summed E-state index contributed by atoms with van der Waals surface area (Å²) >= 11 is 0. The van der Waals surface area contributed by atoms with Gasteiger partial charge in [0, 0.05) is 12.0 Å². The average Bonchev–Trinajstić information content (AvgIpc) is 3.36. The first-order valence-electron chi connectivity index (χ1n) is 12.5. The van der Waals surface area contributed by atoms with Crippen LogP contribution in [0.1, 0.15) is 84.3 Å². The number of hydrogen-bond acceptors (Lipinski definition) is 3. The summed E-state index contributed by atoms with van der Waals surface area (Å²) < 4.78 is 12.0. The van der Waals surface area contributed by atoms with E-state index in [9.17, 15) is 5.11 Å². The van der Waals surface area contributed by atoms with Gasteiger partial charge < -0.3 is 14.3 Å². The van der Waals surface area contributed by atoms with Crippen LogP contribution in [-0.2, 0) is 10.3 Å². The maximum atomic E-state index is 11.7. The van der Waals surface area contributed by atoms with Crippen LogP contribution in [0.4, 0.5) is 0 Å². The molecular weight excluding hydrogens is 372 g/mol. The summed E-state index contributed by atoms with van der Waals surface area (Å²) in [4.78, 5) is 0. The van der Waals surface area contributed by atoms with E-state index in [1.54, 1.807) is 6.26 Å². The van der Waals surface area contributed by atoms with Crippen LogP contribution in [0.25, 0.3) is 0 Å². The van der Waals surface area contributed by atoms with Crippen LogP contribution in [-0.4, -0.2) is 17.8 Å². The van der Waals surface area contributed by atoms with Crippen LogP contribution in [0.2, 0.25) is 0 Å².